The number of nitrogens with one attached hydrogen (secondary N) is 1. The first-order chi connectivity index (χ1) is 9.18. The Balaban J connectivity index is 2.44. The molecule has 0 atom stereocenters. The van der Waals surface area contributed by atoms with Gasteiger partial charge in [0, 0.05) is 16.5 Å². The van der Waals surface area contributed by atoms with Crippen molar-refractivity contribution in [2.24, 2.45) is 0 Å². The second kappa shape index (κ2) is 4.28. The SMILES string of the molecule is Cc1cccc2[nH]c(C(=O)O)c(-c3ccccc3)c12. The largest absolute Gasteiger partial charge is 0.477 e. The Morgan fingerprint density at radius 2 is 1.79 bits per heavy atom. The predicted octanol–water partition coefficient (Wildman–Crippen LogP) is 3.84. The molecule has 0 aliphatic rings. The van der Waals surface area contributed by atoms with E-state index in [2.05, 4.69) is 4.98 Å². The van der Waals surface area contributed by atoms with Crippen molar-refractivity contribution >= 4 is 16.9 Å². The Bertz CT molecular complexity index is 757. The summed E-state index contributed by atoms with van der Waals surface area (Å²) in [5, 5.41) is 10.4. The van der Waals surface area contributed by atoms with Gasteiger partial charge in [0.05, 0.1) is 0 Å². The molecule has 0 bridgehead atoms. The van der Waals surface area contributed by atoms with Crippen LogP contribution in [0.4, 0.5) is 0 Å². The first-order valence-electron chi connectivity index (χ1n) is 6.08. The lowest BCUT2D eigenvalue weighted by Gasteiger charge is -2.03. The third-order valence-corrected chi connectivity index (χ3v) is 3.31. The van der Waals surface area contributed by atoms with Crippen molar-refractivity contribution in [3.8, 4) is 11.1 Å². The van der Waals surface area contributed by atoms with Gasteiger partial charge in [-0.3, -0.25) is 0 Å². The van der Waals surface area contributed by atoms with Crippen molar-refractivity contribution in [3.63, 3.8) is 0 Å². The Labute approximate surface area is 110 Å². The standard InChI is InChI=1S/C16H13NO2/c1-10-6-5-9-12-13(10)14(15(17-12)16(18)19)11-7-3-2-4-8-11/h2-9,17H,1H3,(H,18,19). The zero-order valence-corrected chi connectivity index (χ0v) is 10.5. The van der Waals surface area contributed by atoms with Crippen molar-refractivity contribution < 1.29 is 9.90 Å². The van der Waals surface area contributed by atoms with Gasteiger partial charge in [-0.05, 0) is 24.1 Å². The number of hydrogen-bond donors (Lipinski definition) is 2. The number of carboxylic acids is 1. The van der Waals surface area contributed by atoms with Crippen LogP contribution in [-0.2, 0) is 0 Å². The van der Waals surface area contributed by atoms with Crippen LogP contribution in [0, 0.1) is 6.92 Å². The van der Waals surface area contributed by atoms with E-state index in [-0.39, 0.29) is 5.69 Å². The number of aromatic amines is 1. The van der Waals surface area contributed by atoms with E-state index in [9.17, 15) is 9.90 Å². The number of fused-ring (bicyclic) bond motifs is 1. The third kappa shape index (κ3) is 1.80. The summed E-state index contributed by atoms with van der Waals surface area (Å²) in [4.78, 5) is 14.4. The van der Waals surface area contributed by atoms with E-state index in [0.717, 1.165) is 27.6 Å². The Morgan fingerprint density at radius 1 is 1.05 bits per heavy atom. The van der Waals surface area contributed by atoms with E-state index < -0.39 is 5.97 Å². The molecule has 0 amide bonds. The van der Waals surface area contributed by atoms with Crippen LogP contribution in [0.3, 0.4) is 0 Å². The summed E-state index contributed by atoms with van der Waals surface area (Å²) in [5.74, 6) is -0.936. The Kier molecular flexibility index (Phi) is 2.60. The zero-order chi connectivity index (χ0) is 13.4. The minimum Gasteiger partial charge on any atom is -0.477 e. The molecule has 19 heavy (non-hydrogen) atoms. The molecule has 0 radical (unpaired) electrons. The summed E-state index contributed by atoms with van der Waals surface area (Å²) in [6.45, 7) is 1.99. The lowest BCUT2D eigenvalue weighted by Crippen LogP contribution is -1.98. The topological polar surface area (TPSA) is 53.1 Å². The molecule has 0 unspecified atom stereocenters. The van der Waals surface area contributed by atoms with E-state index >= 15 is 0 Å². The highest BCUT2D eigenvalue weighted by molar-refractivity contribution is 6.08. The highest BCUT2D eigenvalue weighted by atomic mass is 16.4. The van der Waals surface area contributed by atoms with E-state index in [1.807, 2.05) is 55.5 Å². The van der Waals surface area contributed by atoms with Crippen LogP contribution < -0.4 is 0 Å². The zero-order valence-electron chi connectivity index (χ0n) is 10.5. The number of aromatic nitrogens is 1. The molecule has 0 spiro atoms. The predicted molar refractivity (Wildman–Crippen MR) is 75.4 cm³/mol. The fraction of sp³-hybridized carbons (Fsp3) is 0.0625. The molecule has 0 aliphatic heterocycles. The quantitative estimate of drug-likeness (QED) is 0.727. The first kappa shape index (κ1) is 11.5. The highest BCUT2D eigenvalue weighted by Crippen LogP contribution is 2.34. The van der Waals surface area contributed by atoms with Gasteiger partial charge < -0.3 is 10.1 Å². The van der Waals surface area contributed by atoms with Crippen molar-refractivity contribution in [2.45, 2.75) is 6.92 Å². The van der Waals surface area contributed by atoms with Crippen LogP contribution in [-0.4, -0.2) is 16.1 Å². The average Bonchev–Trinajstić information content (AvgIpc) is 2.81. The second-order valence-electron chi connectivity index (χ2n) is 4.54. The number of aromatic carboxylic acids is 1. The first-order valence-corrected chi connectivity index (χ1v) is 6.08. The third-order valence-electron chi connectivity index (χ3n) is 3.31. The molecular weight excluding hydrogens is 238 g/mol. The van der Waals surface area contributed by atoms with E-state index in [1.54, 1.807) is 0 Å². The van der Waals surface area contributed by atoms with Crippen molar-refractivity contribution in [2.75, 3.05) is 0 Å². The van der Waals surface area contributed by atoms with Crippen molar-refractivity contribution in [1.29, 1.82) is 0 Å². The molecule has 0 fully saturated rings. The van der Waals surface area contributed by atoms with Gasteiger partial charge in [0.1, 0.15) is 5.69 Å². The molecule has 2 aromatic carbocycles. The summed E-state index contributed by atoms with van der Waals surface area (Å²) in [6, 6.07) is 15.4. The number of carboxylic acid groups (broad SMARTS) is 1. The number of hydrogen-bond acceptors (Lipinski definition) is 1. The van der Waals surface area contributed by atoms with Gasteiger partial charge >= 0.3 is 5.97 Å². The molecule has 94 valence electrons. The smallest absolute Gasteiger partial charge is 0.352 e. The van der Waals surface area contributed by atoms with Gasteiger partial charge in [0.15, 0.2) is 0 Å². The van der Waals surface area contributed by atoms with Gasteiger partial charge in [0.25, 0.3) is 0 Å². The fourth-order valence-corrected chi connectivity index (χ4v) is 2.48. The number of rotatable bonds is 2. The highest BCUT2D eigenvalue weighted by Gasteiger charge is 2.19. The molecule has 2 N–H and O–H groups in total. The Hall–Kier alpha value is -2.55. The summed E-state index contributed by atoms with van der Waals surface area (Å²) in [5.41, 5.74) is 3.86. The van der Waals surface area contributed by atoms with Crippen LogP contribution in [0.15, 0.2) is 48.5 Å². The maximum Gasteiger partial charge on any atom is 0.352 e. The van der Waals surface area contributed by atoms with Crippen molar-refractivity contribution in [3.05, 3.63) is 59.8 Å². The van der Waals surface area contributed by atoms with Crippen LogP contribution in [0.5, 0.6) is 0 Å². The summed E-state index contributed by atoms with van der Waals surface area (Å²) >= 11 is 0. The molecule has 1 aromatic heterocycles. The van der Waals surface area contributed by atoms with E-state index in [1.165, 1.54) is 0 Å². The number of aryl methyl sites for hydroxylation is 1. The average molecular weight is 251 g/mol. The molecule has 1 heterocycles. The lowest BCUT2D eigenvalue weighted by molar-refractivity contribution is 0.0692. The van der Waals surface area contributed by atoms with Gasteiger partial charge in [-0.25, -0.2) is 4.79 Å². The molecule has 0 saturated heterocycles. The Morgan fingerprint density at radius 3 is 2.47 bits per heavy atom. The monoisotopic (exact) mass is 251 g/mol. The maximum atomic E-state index is 11.4. The van der Waals surface area contributed by atoms with Crippen LogP contribution >= 0.6 is 0 Å². The van der Waals surface area contributed by atoms with Crippen LogP contribution in [0.2, 0.25) is 0 Å². The number of H-pyrrole nitrogens is 1. The molecule has 3 nitrogen and oxygen atoms in total. The van der Waals surface area contributed by atoms with Crippen LogP contribution in [0.1, 0.15) is 16.1 Å². The minimum atomic E-state index is -0.936. The fourth-order valence-electron chi connectivity index (χ4n) is 2.48. The maximum absolute atomic E-state index is 11.4. The minimum absolute atomic E-state index is 0.246. The van der Waals surface area contributed by atoms with Gasteiger partial charge in [-0.15, -0.1) is 0 Å². The van der Waals surface area contributed by atoms with Crippen molar-refractivity contribution in [1.82, 2.24) is 4.98 Å². The summed E-state index contributed by atoms with van der Waals surface area (Å²) in [7, 11) is 0. The molecule has 3 heteroatoms. The molecule has 3 aromatic rings. The van der Waals surface area contributed by atoms with Crippen LogP contribution in [0.25, 0.3) is 22.0 Å². The molecular formula is C16H13NO2. The molecule has 0 saturated carbocycles. The summed E-state index contributed by atoms with van der Waals surface area (Å²) < 4.78 is 0. The molecule has 3 rings (SSSR count). The van der Waals surface area contributed by atoms with Gasteiger partial charge in [-0.1, -0.05) is 42.5 Å². The van der Waals surface area contributed by atoms with E-state index in [0.29, 0.717) is 0 Å². The van der Waals surface area contributed by atoms with E-state index in [4.69, 9.17) is 0 Å². The summed E-state index contributed by atoms with van der Waals surface area (Å²) in [6.07, 6.45) is 0. The van der Waals surface area contributed by atoms with Gasteiger partial charge in [-0.2, -0.15) is 0 Å². The lowest BCUT2D eigenvalue weighted by atomic mass is 9.99. The molecule has 0 aliphatic carbocycles. The van der Waals surface area contributed by atoms with Gasteiger partial charge in [0.2, 0.25) is 0 Å². The number of carbonyl (C=O) groups is 1. The normalized spacial score (nSPS) is 10.8. The second-order valence-corrected chi connectivity index (χ2v) is 4.54. The number of benzene rings is 2.